The first-order chi connectivity index (χ1) is 16.7. The molecule has 0 spiro atoms. The Morgan fingerprint density at radius 1 is 0.971 bits per heavy atom. The monoisotopic (exact) mass is 495 g/mol. The van der Waals surface area contributed by atoms with E-state index in [4.69, 9.17) is 0 Å². The highest BCUT2D eigenvalue weighted by Crippen LogP contribution is 2.35. The summed E-state index contributed by atoms with van der Waals surface area (Å²) in [4.78, 5) is 15.1. The van der Waals surface area contributed by atoms with Gasteiger partial charge in [0, 0.05) is 31.7 Å². The van der Waals surface area contributed by atoms with Gasteiger partial charge >= 0.3 is 0 Å². The summed E-state index contributed by atoms with van der Waals surface area (Å²) < 4.78 is 28.2. The fraction of sp³-hybridized carbons (Fsp3) is 0.500. The number of hydrogen-bond donors (Lipinski definition) is 1. The zero-order valence-corrected chi connectivity index (χ0v) is 21.4. The minimum absolute atomic E-state index is 0.0226. The van der Waals surface area contributed by atoms with Crippen molar-refractivity contribution < 1.29 is 13.2 Å². The van der Waals surface area contributed by atoms with E-state index in [1.54, 1.807) is 28.6 Å². The number of hydrogen-bond acceptors (Lipinski definition) is 5. The van der Waals surface area contributed by atoms with Crippen LogP contribution >= 0.6 is 0 Å². The van der Waals surface area contributed by atoms with Gasteiger partial charge in [0.05, 0.1) is 4.90 Å². The zero-order valence-electron chi connectivity index (χ0n) is 20.6. The molecule has 1 aromatic heterocycles. The number of piperidine rings is 2. The summed E-state index contributed by atoms with van der Waals surface area (Å²) in [5.74, 6) is 1.17. The maximum absolute atomic E-state index is 13.3. The maximum atomic E-state index is 13.3. The highest BCUT2D eigenvalue weighted by Gasteiger charge is 2.32. The van der Waals surface area contributed by atoms with Gasteiger partial charge in [-0.05, 0) is 85.4 Å². The highest BCUT2D eigenvalue weighted by atomic mass is 32.2. The molecule has 2 aromatic carbocycles. The van der Waals surface area contributed by atoms with Gasteiger partial charge in [0.15, 0.2) is 0 Å². The molecule has 8 nitrogen and oxygen atoms in total. The van der Waals surface area contributed by atoms with Crippen molar-refractivity contribution in [3.63, 3.8) is 0 Å². The number of aromatic nitrogens is 3. The van der Waals surface area contributed by atoms with Gasteiger partial charge in [0.2, 0.25) is 10.0 Å². The lowest BCUT2D eigenvalue weighted by Gasteiger charge is -2.35. The van der Waals surface area contributed by atoms with Crippen molar-refractivity contribution >= 4 is 27.0 Å². The van der Waals surface area contributed by atoms with Crippen LogP contribution in [0.5, 0.6) is 0 Å². The number of sulfonamides is 1. The molecule has 2 saturated heterocycles. The van der Waals surface area contributed by atoms with Crippen molar-refractivity contribution in [2.75, 3.05) is 26.2 Å². The number of carbonyl (C=O) groups excluding carboxylic acids is 1. The van der Waals surface area contributed by atoms with E-state index in [1.165, 1.54) is 0 Å². The van der Waals surface area contributed by atoms with Crippen LogP contribution in [0, 0.1) is 18.8 Å². The van der Waals surface area contributed by atoms with Crippen molar-refractivity contribution in [1.82, 2.24) is 24.6 Å². The predicted octanol–water partition coefficient (Wildman–Crippen LogP) is 3.95. The number of nitrogens with zero attached hydrogens (tertiary/aromatic N) is 4. The summed E-state index contributed by atoms with van der Waals surface area (Å²) in [7, 11) is -3.62. The van der Waals surface area contributed by atoms with Crippen LogP contribution in [0.3, 0.4) is 0 Å². The Labute approximate surface area is 206 Å². The second-order valence-electron chi connectivity index (χ2n) is 10.3. The number of carbonyl (C=O) groups is 1. The predicted molar refractivity (Wildman–Crippen MR) is 135 cm³/mol. The molecule has 2 unspecified atom stereocenters. The number of benzene rings is 2. The molecular formula is C26H33N5O3S. The molecule has 1 amide bonds. The molecule has 2 aliphatic rings. The highest BCUT2D eigenvalue weighted by molar-refractivity contribution is 7.89. The number of aromatic amines is 1. The summed E-state index contributed by atoms with van der Waals surface area (Å²) in [6.07, 6.45) is 2.59. The molecule has 2 aliphatic heterocycles. The third-order valence-electron chi connectivity index (χ3n) is 7.50. The molecule has 0 radical (unpaired) electrons. The van der Waals surface area contributed by atoms with Gasteiger partial charge in [-0.3, -0.25) is 4.79 Å². The molecule has 3 aromatic rings. The number of rotatable bonds is 4. The molecule has 1 N–H and O–H groups in total. The summed E-state index contributed by atoms with van der Waals surface area (Å²) in [5.41, 5.74) is 4.58. The van der Waals surface area contributed by atoms with Crippen molar-refractivity contribution in [2.24, 2.45) is 11.8 Å². The van der Waals surface area contributed by atoms with E-state index in [-0.39, 0.29) is 16.7 Å². The Balaban J connectivity index is 1.28. The van der Waals surface area contributed by atoms with E-state index >= 15 is 0 Å². The molecule has 0 saturated carbocycles. The van der Waals surface area contributed by atoms with Gasteiger partial charge in [-0.2, -0.15) is 19.7 Å². The van der Waals surface area contributed by atoms with Gasteiger partial charge in [-0.25, -0.2) is 8.42 Å². The van der Waals surface area contributed by atoms with Crippen LogP contribution in [0.2, 0.25) is 0 Å². The first kappa shape index (κ1) is 23.9. The quantitative estimate of drug-likeness (QED) is 0.591. The van der Waals surface area contributed by atoms with Crippen LogP contribution in [0.15, 0.2) is 41.3 Å². The summed E-state index contributed by atoms with van der Waals surface area (Å²) in [5, 5.41) is 11.2. The van der Waals surface area contributed by atoms with Crippen LogP contribution in [0.25, 0.3) is 11.0 Å². The largest absolute Gasteiger partial charge is 0.338 e. The van der Waals surface area contributed by atoms with Crippen LogP contribution in [-0.2, 0) is 10.0 Å². The Morgan fingerprint density at radius 2 is 1.63 bits per heavy atom. The molecule has 2 atom stereocenters. The van der Waals surface area contributed by atoms with Gasteiger partial charge in [-0.1, -0.05) is 19.9 Å². The molecule has 3 heterocycles. The van der Waals surface area contributed by atoms with E-state index < -0.39 is 10.0 Å². The molecular weight excluding hydrogens is 462 g/mol. The van der Waals surface area contributed by atoms with Crippen molar-refractivity contribution in [2.45, 2.75) is 50.8 Å². The number of H-pyrrole nitrogens is 1. The molecule has 0 aliphatic carbocycles. The molecule has 9 heteroatoms. The Bertz CT molecular complexity index is 1320. The average Bonchev–Trinajstić information content (AvgIpc) is 3.32. The van der Waals surface area contributed by atoms with Crippen LogP contribution < -0.4 is 0 Å². The zero-order chi connectivity index (χ0) is 24.7. The first-order valence-electron chi connectivity index (χ1n) is 12.4. The van der Waals surface area contributed by atoms with Crippen LogP contribution in [0.1, 0.15) is 60.5 Å². The summed E-state index contributed by atoms with van der Waals surface area (Å²) in [6, 6.07) is 10.5. The molecule has 35 heavy (non-hydrogen) atoms. The van der Waals surface area contributed by atoms with Crippen LogP contribution in [-0.4, -0.2) is 65.1 Å². The minimum atomic E-state index is -3.62. The fourth-order valence-corrected chi connectivity index (χ4v) is 7.33. The first-order valence-corrected chi connectivity index (χ1v) is 13.9. The van der Waals surface area contributed by atoms with E-state index in [9.17, 15) is 13.2 Å². The van der Waals surface area contributed by atoms with E-state index in [0.29, 0.717) is 30.5 Å². The Morgan fingerprint density at radius 3 is 2.29 bits per heavy atom. The van der Waals surface area contributed by atoms with Gasteiger partial charge in [0.25, 0.3) is 5.91 Å². The minimum Gasteiger partial charge on any atom is -0.338 e. The average molecular weight is 496 g/mol. The third kappa shape index (κ3) is 4.59. The lowest BCUT2D eigenvalue weighted by atomic mass is 9.86. The lowest BCUT2D eigenvalue weighted by molar-refractivity contribution is 0.0623. The normalized spacial score (nSPS) is 22.5. The van der Waals surface area contributed by atoms with Crippen molar-refractivity contribution in [1.29, 1.82) is 0 Å². The number of likely N-dealkylation sites (tertiary alicyclic amines) is 1. The fourth-order valence-electron chi connectivity index (χ4n) is 5.86. The Hall–Kier alpha value is -2.78. The number of aryl methyl sites for hydroxylation is 1. The second-order valence-corrected chi connectivity index (χ2v) is 12.3. The van der Waals surface area contributed by atoms with E-state index in [2.05, 4.69) is 42.2 Å². The third-order valence-corrected chi connectivity index (χ3v) is 9.42. The van der Waals surface area contributed by atoms with E-state index in [1.807, 2.05) is 11.0 Å². The van der Waals surface area contributed by atoms with Crippen molar-refractivity contribution in [3.8, 4) is 0 Å². The Kier molecular flexibility index (Phi) is 6.40. The van der Waals surface area contributed by atoms with Gasteiger partial charge < -0.3 is 4.90 Å². The SMILES string of the molecule is Cc1ccc2n[nH]nc2c1C1CCN(S(=O)(=O)c2ccc(C(=O)N3CC(C)CC(C)C3)cc2)CC1. The smallest absolute Gasteiger partial charge is 0.253 e. The summed E-state index contributed by atoms with van der Waals surface area (Å²) >= 11 is 0. The summed E-state index contributed by atoms with van der Waals surface area (Å²) in [6.45, 7) is 8.81. The molecule has 5 rings (SSSR count). The number of amides is 1. The van der Waals surface area contributed by atoms with Gasteiger partial charge in [-0.15, -0.1) is 0 Å². The number of nitrogens with one attached hydrogen (secondary N) is 1. The standard InChI is InChI=1S/C26H33N5O3S/c1-17-14-18(2)16-30(15-17)26(32)21-5-7-22(8-6-21)35(33,34)31-12-10-20(11-13-31)24-19(3)4-9-23-25(24)28-29-27-23/h4-9,17-18,20H,10-16H2,1-3H3,(H,27,28,29). The molecule has 0 bridgehead atoms. The maximum Gasteiger partial charge on any atom is 0.253 e. The van der Waals surface area contributed by atoms with E-state index in [0.717, 1.165) is 54.5 Å². The molecule has 186 valence electrons. The molecule has 2 fully saturated rings. The van der Waals surface area contributed by atoms with Crippen molar-refractivity contribution in [3.05, 3.63) is 53.1 Å². The van der Waals surface area contributed by atoms with Gasteiger partial charge in [0.1, 0.15) is 11.0 Å². The van der Waals surface area contributed by atoms with Crippen LogP contribution in [0.4, 0.5) is 0 Å². The topological polar surface area (TPSA) is 99.3 Å². The number of fused-ring (bicyclic) bond motifs is 1. The lowest BCUT2D eigenvalue weighted by Crippen LogP contribution is -2.42. The second kappa shape index (κ2) is 9.35.